The highest BCUT2D eigenvalue weighted by molar-refractivity contribution is 7.89. The summed E-state index contributed by atoms with van der Waals surface area (Å²) < 4.78 is 69.1. The Morgan fingerprint density at radius 1 is 1.24 bits per heavy atom. The highest BCUT2D eigenvalue weighted by Crippen LogP contribution is 2.31. The summed E-state index contributed by atoms with van der Waals surface area (Å²) in [6.45, 7) is 0.494. The van der Waals surface area contributed by atoms with E-state index in [-0.39, 0.29) is 24.1 Å². The molecular formula is C13H16F3NO3S. The van der Waals surface area contributed by atoms with Gasteiger partial charge in [0.2, 0.25) is 10.0 Å². The van der Waals surface area contributed by atoms with E-state index in [2.05, 4.69) is 0 Å². The minimum Gasteiger partial charge on any atom is -0.381 e. The van der Waals surface area contributed by atoms with Crippen molar-refractivity contribution in [2.75, 3.05) is 20.2 Å². The molecule has 1 saturated heterocycles. The number of hydrogen-bond acceptors (Lipinski definition) is 3. The van der Waals surface area contributed by atoms with Crippen LogP contribution in [0.3, 0.4) is 0 Å². The fourth-order valence-corrected chi connectivity index (χ4v) is 3.81. The molecule has 0 spiro atoms. The molecule has 0 bridgehead atoms. The van der Waals surface area contributed by atoms with Gasteiger partial charge in [-0.15, -0.1) is 0 Å². The Hall–Kier alpha value is -1.12. The van der Waals surface area contributed by atoms with E-state index in [0.717, 1.165) is 12.1 Å². The number of rotatable bonds is 3. The Morgan fingerprint density at radius 2 is 1.86 bits per heavy atom. The molecule has 0 aromatic heterocycles. The molecule has 2 rings (SSSR count). The monoisotopic (exact) mass is 323 g/mol. The maximum Gasteiger partial charge on any atom is 0.416 e. The van der Waals surface area contributed by atoms with Crippen LogP contribution in [0, 0.1) is 0 Å². The molecule has 8 heteroatoms. The molecule has 0 radical (unpaired) electrons. The predicted molar refractivity (Wildman–Crippen MR) is 70.2 cm³/mol. The number of halogens is 3. The van der Waals surface area contributed by atoms with Gasteiger partial charge in [-0.3, -0.25) is 0 Å². The van der Waals surface area contributed by atoms with Gasteiger partial charge in [0.25, 0.3) is 0 Å². The number of benzene rings is 1. The summed E-state index contributed by atoms with van der Waals surface area (Å²) in [7, 11) is -2.34. The minimum atomic E-state index is -4.56. The number of nitrogens with zero attached hydrogens (tertiary/aromatic N) is 1. The van der Waals surface area contributed by atoms with Crippen LogP contribution in [0.1, 0.15) is 18.4 Å². The summed E-state index contributed by atoms with van der Waals surface area (Å²) in [5, 5.41) is 0. The first-order chi connectivity index (χ1) is 9.75. The Kier molecular flexibility index (Phi) is 4.60. The van der Waals surface area contributed by atoms with Crippen LogP contribution in [-0.4, -0.2) is 39.0 Å². The summed E-state index contributed by atoms with van der Waals surface area (Å²) in [5.74, 6) is 0. The zero-order valence-corrected chi connectivity index (χ0v) is 12.2. The number of sulfonamides is 1. The Balaban J connectivity index is 2.24. The second-order valence-electron chi connectivity index (χ2n) is 4.86. The molecule has 0 N–H and O–H groups in total. The molecular weight excluding hydrogens is 307 g/mol. The van der Waals surface area contributed by atoms with Crippen molar-refractivity contribution in [2.45, 2.75) is 30.0 Å². The van der Waals surface area contributed by atoms with Crippen molar-refractivity contribution in [1.29, 1.82) is 0 Å². The lowest BCUT2D eigenvalue weighted by Gasteiger charge is -2.30. The first-order valence-electron chi connectivity index (χ1n) is 6.45. The molecule has 0 aliphatic carbocycles. The number of methoxy groups -OCH3 is 1. The normalized spacial score (nSPS) is 18.9. The van der Waals surface area contributed by atoms with Crippen molar-refractivity contribution in [2.24, 2.45) is 0 Å². The quantitative estimate of drug-likeness (QED) is 0.859. The summed E-state index contributed by atoms with van der Waals surface area (Å²) in [6, 6.07) is 3.83. The Labute approximate surface area is 121 Å². The van der Waals surface area contributed by atoms with Crippen molar-refractivity contribution in [3.05, 3.63) is 29.8 Å². The van der Waals surface area contributed by atoms with Gasteiger partial charge in [0, 0.05) is 20.2 Å². The van der Waals surface area contributed by atoms with Crippen molar-refractivity contribution < 1.29 is 26.3 Å². The topological polar surface area (TPSA) is 46.6 Å². The average molecular weight is 323 g/mol. The highest BCUT2D eigenvalue weighted by atomic mass is 32.2. The van der Waals surface area contributed by atoms with Crippen LogP contribution in [0.2, 0.25) is 0 Å². The van der Waals surface area contributed by atoms with Gasteiger partial charge >= 0.3 is 6.18 Å². The summed E-state index contributed by atoms with van der Waals surface area (Å²) in [6.07, 6.45) is -3.49. The molecule has 1 aliphatic heterocycles. The van der Waals surface area contributed by atoms with Crippen LogP contribution < -0.4 is 0 Å². The third-order valence-corrected chi connectivity index (χ3v) is 5.43. The number of ether oxygens (including phenoxy) is 1. The molecule has 0 atom stereocenters. The van der Waals surface area contributed by atoms with Crippen LogP contribution in [0.5, 0.6) is 0 Å². The molecule has 0 saturated carbocycles. The highest BCUT2D eigenvalue weighted by Gasteiger charge is 2.34. The number of alkyl halides is 3. The van der Waals surface area contributed by atoms with Gasteiger partial charge in [-0.1, -0.05) is 6.07 Å². The second-order valence-corrected chi connectivity index (χ2v) is 6.80. The van der Waals surface area contributed by atoms with Gasteiger partial charge in [0.15, 0.2) is 0 Å². The van der Waals surface area contributed by atoms with Crippen LogP contribution in [0.25, 0.3) is 0 Å². The van der Waals surface area contributed by atoms with Gasteiger partial charge in [-0.25, -0.2) is 8.42 Å². The van der Waals surface area contributed by atoms with Gasteiger partial charge in [-0.2, -0.15) is 17.5 Å². The van der Waals surface area contributed by atoms with Gasteiger partial charge in [-0.05, 0) is 31.0 Å². The van der Waals surface area contributed by atoms with Crippen molar-refractivity contribution in [3.63, 3.8) is 0 Å². The Morgan fingerprint density at radius 3 is 2.38 bits per heavy atom. The number of hydrogen-bond donors (Lipinski definition) is 0. The minimum absolute atomic E-state index is 0.00189. The average Bonchev–Trinajstić information content (AvgIpc) is 2.46. The first kappa shape index (κ1) is 16.3. The van der Waals surface area contributed by atoms with E-state index < -0.39 is 21.8 Å². The lowest BCUT2D eigenvalue weighted by Crippen LogP contribution is -2.40. The lowest BCUT2D eigenvalue weighted by molar-refractivity contribution is -0.137. The van der Waals surface area contributed by atoms with E-state index >= 15 is 0 Å². The third-order valence-electron chi connectivity index (χ3n) is 3.53. The van der Waals surface area contributed by atoms with Crippen LogP contribution in [-0.2, 0) is 20.9 Å². The van der Waals surface area contributed by atoms with Crippen molar-refractivity contribution in [1.82, 2.24) is 4.31 Å². The molecule has 4 nitrogen and oxygen atoms in total. The van der Waals surface area contributed by atoms with E-state index in [4.69, 9.17) is 4.74 Å². The number of piperidine rings is 1. The maximum atomic E-state index is 12.7. The molecule has 1 heterocycles. The maximum absolute atomic E-state index is 12.7. The third kappa shape index (κ3) is 3.56. The lowest BCUT2D eigenvalue weighted by atomic mass is 10.1. The SMILES string of the molecule is COC1CCN(S(=O)(=O)c2cccc(C(F)(F)F)c2)CC1. The summed E-state index contributed by atoms with van der Waals surface area (Å²) >= 11 is 0. The fourth-order valence-electron chi connectivity index (χ4n) is 2.29. The Bertz CT molecular complexity index is 593. The van der Waals surface area contributed by atoms with E-state index in [1.165, 1.54) is 10.4 Å². The molecule has 1 aromatic rings. The van der Waals surface area contributed by atoms with Crippen LogP contribution in [0.15, 0.2) is 29.2 Å². The molecule has 118 valence electrons. The van der Waals surface area contributed by atoms with Gasteiger partial charge in [0.05, 0.1) is 16.6 Å². The van der Waals surface area contributed by atoms with Crippen molar-refractivity contribution >= 4 is 10.0 Å². The molecule has 21 heavy (non-hydrogen) atoms. The molecule has 0 amide bonds. The van der Waals surface area contributed by atoms with E-state index in [9.17, 15) is 21.6 Å². The van der Waals surface area contributed by atoms with E-state index in [1.807, 2.05) is 0 Å². The predicted octanol–water partition coefficient (Wildman–Crippen LogP) is 2.50. The van der Waals surface area contributed by atoms with Gasteiger partial charge in [0.1, 0.15) is 0 Å². The summed E-state index contributed by atoms with van der Waals surface area (Å²) in [5.41, 5.74) is -0.963. The van der Waals surface area contributed by atoms with Gasteiger partial charge < -0.3 is 4.74 Å². The smallest absolute Gasteiger partial charge is 0.381 e. The summed E-state index contributed by atoms with van der Waals surface area (Å²) in [4.78, 5) is -0.326. The van der Waals surface area contributed by atoms with Crippen LogP contribution >= 0.6 is 0 Å². The molecule has 0 unspecified atom stereocenters. The standard InChI is InChI=1S/C13H16F3NO3S/c1-20-11-5-7-17(8-6-11)21(18,19)12-4-2-3-10(9-12)13(14,15)16/h2-4,9,11H,5-8H2,1H3. The second kappa shape index (κ2) is 5.94. The molecule has 1 aromatic carbocycles. The van der Waals surface area contributed by atoms with E-state index in [0.29, 0.717) is 18.9 Å². The first-order valence-corrected chi connectivity index (χ1v) is 7.89. The zero-order valence-electron chi connectivity index (χ0n) is 11.4. The van der Waals surface area contributed by atoms with E-state index in [1.54, 1.807) is 7.11 Å². The van der Waals surface area contributed by atoms with Crippen molar-refractivity contribution in [3.8, 4) is 0 Å². The van der Waals surface area contributed by atoms with Crippen LogP contribution in [0.4, 0.5) is 13.2 Å². The largest absolute Gasteiger partial charge is 0.416 e. The fraction of sp³-hybridized carbons (Fsp3) is 0.538. The zero-order chi connectivity index (χ0) is 15.7. The molecule has 1 aliphatic rings. The molecule has 1 fully saturated rings.